The van der Waals surface area contributed by atoms with Crippen LogP contribution in [0.1, 0.15) is 39.0 Å². The Balaban J connectivity index is 2.57. The van der Waals surface area contributed by atoms with Crippen LogP contribution < -0.4 is 0 Å². The van der Waals surface area contributed by atoms with Crippen LogP contribution >= 0.6 is 0 Å². The SMILES string of the molecule is CCCN(CC(=O)O)C(=O)C1CCC(C(F)(F)F)CC1. The maximum Gasteiger partial charge on any atom is 0.391 e. The van der Waals surface area contributed by atoms with E-state index in [-0.39, 0.29) is 38.1 Å². The molecule has 0 aromatic carbocycles. The Labute approximate surface area is 115 Å². The van der Waals surface area contributed by atoms with Crippen molar-refractivity contribution < 1.29 is 27.9 Å². The summed E-state index contributed by atoms with van der Waals surface area (Å²) in [6.45, 7) is 1.76. The van der Waals surface area contributed by atoms with Crippen molar-refractivity contribution in [3.63, 3.8) is 0 Å². The molecule has 0 saturated heterocycles. The minimum absolute atomic E-state index is 0.0487. The molecule has 20 heavy (non-hydrogen) atoms. The molecule has 0 spiro atoms. The first-order chi connectivity index (χ1) is 9.25. The van der Waals surface area contributed by atoms with Gasteiger partial charge in [0.15, 0.2) is 0 Å². The Morgan fingerprint density at radius 3 is 2.15 bits per heavy atom. The lowest BCUT2D eigenvalue weighted by atomic mass is 9.81. The number of rotatable bonds is 5. The number of halogens is 3. The number of carbonyl (C=O) groups is 2. The Hall–Kier alpha value is -1.27. The van der Waals surface area contributed by atoms with E-state index in [1.807, 2.05) is 6.92 Å². The molecule has 0 atom stereocenters. The van der Waals surface area contributed by atoms with E-state index >= 15 is 0 Å². The second-order valence-electron chi connectivity index (χ2n) is 5.24. The van der Waals surface area contributed by atoms with Crippen LogP contribution in [-0.2, 0) is 9.59 Å². The van der Waals surface area contributed by atoms with E-state index in [1.54, 1.807) is 0 Å². The van der Waals surface area contributed by atoms with Crippen LogP contribution in [0.4, 0.5) is 13.2 Å². The predicted molar refractivity (Wildman–Crippen MR) is 66.0 cm³/mol. The molecule has 1 fully saturated rings. The highest BCUT2D eigenvalue weighted by molar-refractivity contribution is 5.83. The third-order valence-corrected chi connectivity index (χ3v) is 3.67. The Kier molecular flexibility index (Phi) is 5.83. The molecule has 0 bridgehead atoms. The van der Waals surface area contributed by atoms with Gasteiger partial charge in [-0.15, -0.1) is 0 Å². The molecule has 4 nitrogen and oxygen atoms in total. The molecular weight excluding hydrogens is 275 g/mol. The number of aliphatic carboxylic acids is 1. The Morgan fingerprint density at radius 2 is 1.75 bits per heavy atom. The molecule has 0 aromatic heterocycles. The number of carboxylic acids is 1. The topological polar surface area (TPSA) is 57.6 Å². The van der Waals surface area contributed by atoms with Gasteiger partial charge in [-0.2, -0.15) is 13.2 Å². The highest BCUT2D eigenvalue weighted by atomic mass is 19.4. The van der Waals surface area contributed by atoms with Gasteiger partial charge in [-0.3, -0.25) is 9.59 Å². The summed E-state index contributed by atoms with van der Waals surface area (Å²) in [5.74, 6) is -3.23. The quantitative estimate of drug-likeness (QED) is 0.848. The fourth-order valence-electron chi connectivity index (χ4n) is 2.63. The van der Waals surface area contributed by atoms with Gasteiger partial charge in [0.05, 0.1) is 5.92 Å². The van der Waals surface area contributed by atoms with E-state index in [0.29, 0.717) is 13.0 Å². The van der Waals surface area contributed by atoms with E-state index in [9.17, 15) is 22.8 Å². The number of hydrogen-bond donors (Lipinski definition) is 1. The smallest absolute Gasteiger partial charge is 0.391 e. The molecule has 1 aliphatic rings. The van der Waals surface area contributed by atoms with Crippen molar-refractivity contribution in [2.45, 2.75) is 45.2 Å². The lowest BCUT2D eigenvalue weighted by Gasteiger charge is -2.32. The van der Waals surface area contributed by atoms with Crippen LogP contribution in [0.25, 0.3) is 0 Å². The van der Waals surface area contributed by atoms with E-state index in [2.05, 4.69) is 0 Å². The zero-order valence-corrected chi connectivity index (χ0v) is 11.4. The summed E-state index contributed by atoms with van der Waals surface area (Å²) in [6.07, 6.45) is -3.30. The second kappa shape index (κ2) is 6.95. The summed E-state index contributed by atoms with van der Waals surface area (Å²) >= 11 is 0. The molecule has 1 rings (SSSR count). The third kappa shape index (κ3) is 4.68. The molecule has 0 heterocycles. The standard InChI is InChI=1S/C13H20F3NO3/c1-2-7-17(8-11(18)19)12(20)9-3-5-10(6-4-9)13(14,15)16/h9-10H,2-8H2,1H3,(H,18,19). The predicted octanol–water partition coefficient (Wildman–Crippen LogP) is 2.68. The number of hydrogen-bond acceptors (Lipinski definition) is 2. The van der Waals surface area contributed by atoms with Gasteiger partial charge in [-0.1, -0.05) is 6.92 Å². The summed E-state index contributed by atoms with van der Waals surface area (Å²) in [6, 6.07) is 0. The van der Waals surface area contributed by atoms with Crippen LogP contribution in [0, 0.1) is 11.8 Å². The fraction of sp³-hybridized carbons (Fsp3) is 0.846. The van der Waals surface area contributed by atoms with Crippen molar-refractivity contribution in [3.8, 4) is 0 Å². The molecule has 1 aliphatic carbocycles. The summed E-state index contributed by atoms with van der Waals surface area (Å²) in [7, 11) is 0. The zero-order chi connectivity index (χ0) is 15.3. The largest absolute Gasteiger partial charge is 0.480 e. The van der Waals surface area contributed by atoms with E-state index in [0.717, 1.165) is 0 Å². The zero-order valence-electron chi connectivity index (χ0n) is 11.4. The molecule has 116 valence electrons. The number of nitrogens with zero attached hydrogens (tertiary/aromatic N) is 1. The molecule has 0 unspecified atom stereocenters. The van der Waals surface area contributed by atoms with Gasteiger partial charge in [0.25, 0.3) is 0 Å². The third-order valence-electron chi connectivity index (χ3n) is 3.67. The first kappa shape index (κ1) is 16.8. The lowest BCUT2D eigenvalue weighted by molar-refractivity contribution is -0.185. The second-order valence-corrected chi connectivity index (χ2v) is 5.24. The normalized spacial score (nSPS) is 23.4. The molecule has 0 radical (unpaired) electrons. The summed E-state index contributed by atoms with van der Waals surface area (Å²) in [5.41, 5.74) is 0. The molecule has 1 saturated carbocycles. The molecule has 1 amide bonds. The van der Waals surface area contributed by atoms with Crippen molar-refractivity contribution >= 4 is 11.9 Å². The molecule has 1 N–H and O–H groups in total. The first-order valence-electron chi connectivity index (χ1n) is 6.83. The van der Waals surface area contributed by atoms with Crippen LogP contribution in [0.15, 0.2) is 0 Å². The summed E-state index contributed by atoms with van der Waals surface area (Å²) < 4.78 is 37.6. The van der Waals surface area contributed by atoms with E-state index in [4.69, 9.17) is 5.11 Å². The number of carbonyl (C=O) groups excluding carboxylic acids is 1. The number of carboxylic acid groups (broad SMARTS) is 1. The van der Waals surface area contributed by atoms with Crippen LogP contribution in [0.3, 0.4) is 0 Å². The highest BCUT2D eigenvalue weighted by Gasteiger charge is 2.43. The summed E-state index contributed by atoms with van der Waals surface area (Å²) in [4.78, 5) is 24.1. The van der Waals surface area contributed by atoms with Crippen molar-refractivity contribution in [3.05, 3.63) is 0 Å². The van der Waals surface area contributed by atoms with Crippen molar-refractivity contribution in [2.75, 3.05) is 13.1 Å². The van der Waals surface area contributed by atoms with E-state index < -0.39 is 24.0 Å². The van der Waals surface area contributed by atoms with Crippen molar-refractivity contribution in [1.82, 2.24) is 4.90 Å². The van der Waals surface area contributed by atoms with Gasteiger partial charge in [-0.25, -0.2) is 0 Å². The minimum Gasteiger partial charge on any atom is -0.480 e. The minimum atomic E-state index is -4.20. The Morgan fingerprint density at radius 1 is 1.20 bits per heavy atom. The van der Waals surface area contributed by atoms with Gasteiger partial charge in [0, 0.05) is 12.5 Å². The molecule has 0 aromatic rings. The number of alkyl halides is 3. The maximum atomic E-state index is 12.5. The first-order valence-corrected chi connectivity index (χ1v) is 6.83. The van der Waals surface area contributed by atoms with Gasteiger partial charge in [0.1, 0.15) is 6.54 Å². The summed E-state index contributed by atoms with van der Waals surface area (Å²) in [5, 5.41) is 8.76. The van der Waals surface area contributed by atoms with Gasteiger partial charge in [-0.05, 0) is 32.1 Å². The van der Waals surface area contributed by atoms with Crippen LogP contribution in [0.2, 0.25) is 0 Å². The number of amides is 1. The maximum absolute atomic E-state index is 12.5. The van der Waals surface area contributed by atoms with E-state index in [1.165, 1.54) is 4.90 Å². The van der Waals surface area contributed by atoms with Crippen LogP contribution in [-0.4, -0.2) is 41.1 Å². The highest BCUT2D eigenvalue weighted by Crippen LogP contribution is 2.39. The molecule has 0 aliphatic heterocycles. The average molecular weight is 295 g/mol. The Bertz CT molecular complexity index is 349. The average Bonchev–Trinajstić information content (AvgIpc) is 2.36. The lowest BCUT2D eigenvalue weighted by Crippen LogP contribution is -2.42. The molecular formula is C13H20F3NO3. The van der Waals surface area contributed by atoms with Gasteiger partial charge in [0.2, 0.25) is 5.91 Å². The van der Waals surface area contributed by atoms with Crippen LogP contribution in [0.5, 0.6) is 0 Å². The molecule has 7 heteroatoms. The van der Waals surface area contributed by atoms with Crippen molar-refractivity contribution in [1.29, 1.82) is 0 Å². The van der Waals surface area contributed by atoms with Gasteiger partial charge >= 0.3 is 12.1 Å². The van der Waals surface area contributed by atoms with Crippen molar-refractivity contribution in [2.24, 2.45) is 11.8 Å². The fourth-order valence-corrected chi connectivity index (χ4v) is 2.63. The van der Waals surface area contributed by atoms with Gasteiger partial charge < -0.3 is 10.0 Å². The monoisotopic (exact) mass is 295 g/mol.